The van der Waals surface area contributed by atoms with Gasteiger partial charge in [0.2, 0.25) is 0 Å². The van der Waals surface area contributed by atoms with Gasteiger partial charge in [0.15, 0.2) is 6.29 Å². The van der Waals surface area contributed by atoms with E-state index in [2.05, 4.69) is 35.0 Å². The molecule has 0 aliphatic heterocycles. The van der Waals surface area contributed by atoms with Crippen LogP contribution < -0.4 is 4.90 Å². The average molecular weight is 304 g/mol. The van der Waals surface area contributed by atoms with E-state index in [1.54, 1.807) is 0 Å². The highest BCUT2D eigenvalue weighted by molar-refractivity contribution is 9.10. The van der Waals surface area contributed by atoms with Crippen molar-refractivity contribution in [1.29, 1.82) is 0 Å². The molecule has 0 unspecified atom stereocenters. The molecule has 0 aliphatic carbocycles. The van der Waals surface area contributed by atoms with Crippen molar-refractivity contribution in [3.05, 3.63) is 58.1 Å². The molecule has 0 spiro atoms. The summed E-state index contributed by atoms with van der Waals surface area (Å²) in [6.07, 6.45) is 0.881. The maximum absolute atomic E-state index is 11.1. The number of hydrogen-bond acceptors (Lipinski definition) is 2. The Morgan fingerprint density at radius 3 is 2.39 bits per heavy atom. The summed E-state index contributed by atoms with van der Waals surface area (Å²) in [6, 6.07) is 13.8. The molecule has 0 aromatic heterocycles. The fourth-order valence-corrected chi connectivity index (χ4v) is 2.16. The second-order valence-electron chi connectivity index (χ2n) is 4.22. The average Bonchev–Trinajstić information content (AvgIpc) is 2.39. The molecule has 2 aromatic rings. The third kappa shape index (κ3) is 2.62. The minimum Gasteiger partial charge on any atom is -0.344 e. The predicted octanol–water partition coefficient (Wildman–Crippen LogP) is 4.34. The molecule has 0 amide bonds. The highest BCUT2D eigenvalue weighted by Crippen LogP contribution is 2.29. The molecule has 92 valence electrons. The summed E-state index contributed by atoms with van der Waals surface area (Å²) in [6.45, 7) is 2.06. The zero-order valence-corrected chi connectivity index (χ0v) is 11.9. The molecular weight excluding hydrogens is 290 g/mol. The molecule has 3 heteroatoms. The minimum atomic E-state index is 0.682. The number of hydrogen-bond donors (Lipinski definition) is 0. The van der Waals surface area contributed by atoms with Gasteiger partial charge in [-0.15, -0.1) is 0 Å². The number of aryl methyl sites for hydroxylation is 1. The van der Waals surface area contributed by atoms with E-state index in [0.29, 0.717) is 5.56 Å². The first-order valence-electron chi connectivity index (χ1n) is 5.67. The Kier molecular flexibility index (Phi) is 3.82. The van der Waals surface area contributed by atoms with E-state index in [4.69, 9.17) is 0 Å². The molecule has 18 heavy (non-hydrogen) atoms. The molecule has 0 radical (unpaired) electrons. The van der Waals surface area contributed by atoms with Gasteiger partial charge in [-0.3, -0.25) is 4.79 Å². The number of anilines is 2. The number of nitrogens with zero attached hydrogens (tertiary/aromatic N) is 1. The van der Waals surface area contributed by atoms with E-state index in [1.165, 1.54) is 5.56 Å². The fraction of sp³-hybridized carbons (Fsp3) is 0.133. The van der Waals surface area contributed by atoms with E-state index in [0.717, 1.165) is 22.1 Å². The van der Waals surface area contributed by atoms with Crippen molar-refractivity contribution in [1.82, 2.24) is 0 Å². The third-order valence-electron chi connectivity index (χ3n) is 2.90. The van der Waals surface area contributed by atoms with E-state index in [9.17, 15) is 4.79 Å². The lowest BCUT2D eigenvalue weighted by Crippen LogP contribution is -2.11. The Morgan fingerprint density at radius 1 is 1.11 bits per heavy atom. The quantitative estimate of drug-likeness (QED) is 0.786. The lowest BCUT2D eigenvalue weighted by molar-refractivity contribution is 0.112. The molecule has 0 heterocycles. The zero-order chi connectivity index (χ0) is 13.1. The van der Waals surface area contributed by atoms with Gasteiger partial charge in [0, 0.05) is 22.8 Å². The third-order valence-corrected chi connectivity index (χ3v) is 3.40. The van der Waals surface area contributed by atoms with Crippen molar-refractivity contribution < 1.29 is 4.79 Å². The van der Waals surface area contributed by atoms with Gasteiger partial charge in [-0.2, -0.15) is 0 Å². The summed E-state index contributed by atoms with van der Waals surface area (Å²) < 4.78 is 0.960. The summed E-state index contributed by atoms with van der Waals surface area (Å²) in [4.78, 5) is 13.1. The minimum absolute atomic E-state index is 0.682. The molecule has 0 atom stereocenters. The van der Waals surface area contributed by atoms with Crippen LogP contribution in [0.3, 0.4) is 0 Å². The van der Waals surface area contributed by atoms with E-state index in [-0.39, 0.29) is 0 Å². The molecular formula is C15H14BrNO. The monoisotopic (exact) mass is 303 g/mol. The number of carbonyl (C=O) groups is 1. The summed E-state index contributed by atoms with van der Waals surface area (Å²) in [5, 5.41) is 0. The molecule has 0 aliphatic rings. The largest absolute Gasteiger partial charge is 0.344 e. The van der Waals surface area contributed by atoms with Crippen LogP contribution in [0, 0.1) is 6.92 Å². The highest BCUT2D eigenvalue weighted by Gasteiger charge is 2.09. The fourth-order valence-electron chi connectivity index (χ4n) is 1.81. The molecule has 0 saturated carbocycles. The maximum Gasteiger partial charge on any atom is 0.152 e. The van der Waals surface area contributed by atoms with Crippen LogP contribution in [0.2, 0.25) is 0 Å². The van der Waals surface area contributed by atoms with Crippen molar-refractivity contribution in [2.45, 2.75) is 6.92 Å². The molecule has 0 saturated heterocycles. The summed E-state index contributed by atoms with van der Waals surface area (Å²) in [5.74, 6) is 0. The first-order valence-corrected chi connectivity index (χ1v) is 6.46. The number of aldehydes is 1. The first-order chi connectivity index (χ1) is 8.61. The number of benzene rings is 2. The predicted molar refractivity (Wildman–Crippen MR) is 78.8 cm³/mol. The maximum atomic E-state index is 11.1. The Balaban J connectivity index is 2.44. The molecule has 0 N–H and O–H groups in total. The van der Waals surface area contributed by atoms with Crippen LogP contribution in [-0.2, 0) is 0 Å². The lowest BCUT2D eigenvalue weighted by Gasteiger charge is -2.21. The molecule has 2 rings (SSSR count). The summed E-state index contributed by atoms with van der Waals surface area (Å²) in [5.41, 5.74) is 3.85. The van der Waals surface area contributed by atoms with Crippen molar-refractivity contribution in [3.8, 4) is 0 Å². The van der Waals surface area contributed by atoms with Crippen molar-refractivity contribution in [3.63, 3.8) is 0 Å². The van der Waals surface area contributed by atoms with Crippen LogP contribution in [0.5, 0.6) is 0 Å². The van der Waals surface area contributed by atoms with E-state index in [1.807, 2.05) is 42.3 Å². The van der Waals surface area contributed by atoms with Gasteiger partial charge in [-0.1, -0.05) is 33.6 Å². The Hall–Kier alpha value is -1.61. The van der Waals surface area contributed by atoms with Crippen molar-refractivity contribution in [2.24, 2.45) is 0 Å². The SMILES string of the molecule is Cc1ccc(N(C)c2cc(Br)ccc2C=O)cc1. The van der Waals surface area contributed by atoms with Gasteiger partial charge >= 0.3 is 0 Å². The van der Waals surface area contributed by atoms with Crippen molar-refractivity contribution in [2.75, 3.05) is 11.9 Å². The lowest BCUT2D eigenvalue weighted by atomic mass is 10.1. The Labute approximate surface area is 115 Å². The second kappa shape index (κ2) is 5.36. The van der Waals surface area contributed by atoms with Gasteiger partial charge in [0.05, 0.1) is 5.69 Å². The Morgan fingerprint density at radius 2 is 1.78 bits per heavy atom. The van der Waals surface area contributed by atoms with Gasteiger partial charge < -0.3 is 4.90 Å². The Bertz CT molecular complexity index is 563. The standard InChI is InChI=1S/C15H14BrNO/c1-11-3-7-14(8-4-11)17(2)15-9-13(16)6-5-12(15)10-18/h3-10H,1-2H3. The van der Waals surface area contributed by atoms with Crippen LogP contribution in [0.15, 0.2) is 46.9 Å². The smallest absolute Gasteiger partial charge is 0.152 e. The topological polar surface area (TPSA) is 20.3 Å². The van der Waals surface area contributed by atoms with Crippen LogP contribution in [0.1, 0.15) is 15.9 Å². The van der Waals surface area contributed by atoms with Gasteiger partial charge in [-0.05, 0) is 37.3 Å². The van der Waals surface area contributed by atoms with Crippen molar-refractivity contribution >= 4 is 33.6 Å². The molecule has 0 fully saturated rings. The van der Waals surface area contributed by atoms with Gasteiger partial charge in [0.1, 0.15) is 0 Å². The summed E-state index contributed by atoms with van der Waals surface area (Å²) in [7, 11) is 1.96. The summed E-state index contributed by atoms with van der Waals surface area (Å²) >= 11 is 3.44. The molecule has 0 bridgehead atoms. The highest BCUT2D eigenvalue weighted by atomic mass is 79.9. The first kappa shape index (κ1) is 12.8. The van der Waals surface area contributed by atoms with Crippen LogP contribution in [0.4, 0.5) is 11.4 Å². The van der Waals surface area contributed by atoms with Crippen LogP contribution in [-0.4, -0.2) is 13.3 Å². The van der Waals surface area contributed by atoms with Crippen LogP contribution >= 0.6 is 15.9 Å². The zero-order valence-electron chi connectivity index (χ0n) is 10.4. The molecule has 2 aromatic carbocycles. The normalized spacial score (nSPS) is 10.2. The van der Waals surface area contributed by atoms with E-state index >= 15 is 0 Å². The van der Waals surface area contributed by atoms with Gasteiger partial charge in [-0.25, -0.2) is 0 Å². The number of halogens is 1. The van der Waals surface area contributed by atoms with Gasteiger partial charge in [0.25, 0.3) is 0 Å². The van der Waals surface area contributed by atoms with Crippen LogP contribution in [0.25, 0.3) is 0 Å². The second-order valence-corrected chi connectivity index (χ2v) is 5.13. The van der Waals surface area contributed by atoms with E-state index < -0.39 is 0 Å². The number of carbonyl (C=O) groups excluding carboxylic acids is 1. The number of rotatable bonds is 3. The molecule has 2 nitrogen and oxygen atoms in total.